The van der Waals surface area contributed by atoms with Crippen LogP contribution in [0.4, 0.5) is 5.69 Å². The fraction of sp³-hybridized carbons (Fsp3) is 0.500. The number of hydrogen-bond donors (Lipinski definition) is 0. The second kappa shape index (κ2) is 10.3. The van der Waals surface area contributed by atoms with Crippen LogP contribution in [0.5, 0.6) is 0 Å². The molecule has 4 aliphatic heterocycles. The van der Waals surface area contributed by atoms with E-state index >= 15 is 0 Å². The van der Waals surface area contributed by atoms with Crippen LogP contribution in [0.25, 0.3) is 0 Å². The highest BCUT2D eigenvalue weighted by atomic mass is 16.5. The van der Waals surface area contributed by atoms with Crippen molar-refractivity contribution < 1.29 is 14.3 Å². The van der Waals surface area contributed by atoms with E-state index in [1.807, 2.05) is 18.2 Å². The van der Waals surface area contributed by atoms with E-state index in [2.05, 4.69) is 97.3 Å². The van der Waals surface area contributed by atoms with Crippen molar-refractivity contribution in [3.8, 4) is 0 Å². The molecule has 0 unspecified atom stereocenters. The number of anilines is 1. The zero-order chi connectivity index (χ0) is 29.3. The first kappa shape index (κ1) is 27.6. The third-order valence-electron chi connectivity index (χ3n) is 11.7. The van der Waals surface area contributed by atoms with Crippen LogP contribution in [0.15, 0.2) is 84.9 Å². The summed E-state index contributed by atoms with van der Waals surface area (Å²) in [6.45, 7) is 8.06. The number of carbonyl (C=O) groups is 1. The van der Waals surface area contributed by atoms with Crippen LogP contribution in [-0.4, -0.2) is 34.2 Å². The highest BCUT2D eigenvalue weighted by Gasteiger charge is 2.68. The minimum atomic E-state index is -0.496. The zero-order valence-electron chi connectivity index (χ0n) is 25.7. The van der Waals surface area contributed by atoms with Gasteiger partial charge >= 0.3 is 0 Å². The van der Waals surface area contributed by atoms with Crippen LogP contribution in [0.2, 0.25) is 0 Å². The van der Waals surface area contributed by atoms with E-state index in [0.29, 0.717) is 11.8 Å². The molecule has 0 radical (unpaired) electrons. The SMILES string of the molecule is C[C@@H]1CC[C@@H]2[C@@H](C1)O[C@@H](c1ccccc1[C@@H]1N(c3ccccc3)C(=O)[C@H]3C[C@@H]4CC[C@@]31O4)N(Cc1ccccc1)C2(C)C. The van der Waals surface area contributed by atoms with E-state index in [0.717, 1.165) is 37.9 Å². The smallest absolute Gasteiger partial charge is 0.233 e. The van der Waals surface area contributed by atoms with Gasteiger partial charge in [-0.3, -0.25) is 9.69 Å². The summed E-state index contributed by atoms with van der Waals surface area (Å²) >= 11 is 0. The van der Waals surface area contributed by atoms with E-state index in [-0.39, 0.29) is 41.8 Å². The Hall–Kier alpha value is -2.99. The van der Waals surface area contributed by atoms with Gasteiger partial charge in [-0.15, -0.1) is 0 Å². The Kier molecular flexibility index (Phi) is 6.59. The first-order chi connectivity index (χ1) is 20.9. The minimum Gasteiger partial charge on any atom is -0.368 e. The molecule has 1 saturated carbocycles. The molecule has 5 heteroatoms. The molecule has 0 aromatic heterocycles. The van der Waals surface area contributed by atoms with Gasteiger partial charge in [0.2, 0.25) is 5.91 Å². The summed E-state index contributed by atoms with van der Waals surface area (Å²) in [4.78, 5) is 19.0. The second-order valence-electron chi connectivity index (χ2n) is 14.4. The molecule has 3 aromatic carbocycles. The van der Waals surface area contributed by atoms with Crippen LogP contribution in [0.1, 0.15) is 88.3 Å². The van der Waals surface area contributed by atoms with Crippen molar-refractivity contribution in [2.24, 2.45) is 17.8 Å². The topological polar surface area (TPSA) is 42.0 Å². The standard InChI is InChI=1S/C38H44N2O3/c1-25-18-19-31-33(22-25)42-36(39(37(31,2)3)24-26-12-6-4-7-13-26)30-17-11-10-16-29(30)34-38-21-20-28(43-38)23-32(38)35(41)40(34)27-14-8-5-9-15-27/h4-17,25,28,31-34,36H,18-24H2,1-3H3/t25-,28+,31-,32-,33-,34+,36+,38-/m1/s1. The summed E-state index contributed by atoms with van der Waals surface area (Å²) in [5, 5.41) is 0. The van der Waals surface area contributed by atoms with Crippen molar-refractivity contribution in [3.63, 3.8) is 0 Å². The summed E-state index contributed by atoms with van der Waals surface area (Å²) in [6, 6.07) is 29.7. The summed E-state index contributed by atoms with van der Waals surface area (Å²) in [5.41, 5.74) is 4.04. The monoisotopic (exact) mass is 576 g/mol. The van der Waals surface area contributed by atoms with E-state index < -0.39 is 5.60 Å². The van der Waals surface area contributed by atoms with E-state index in [4.69, 9.17) is 9.47 Å². The lowest BCUT2D eigenvalue weighted by Gasteiger charge is -2.58. The summed E-state index contributed by atoms with van der Waals surface area (Å²) < 4.78 is 14.2. The largest absolute Gasteiger partial charge is 0.368 e. The third-order valence-corrected chi connectivity index (χ3v) is 11.7. The molecular formula is C38H44N2O3. The highest BCUT2D eigenvalue weighted by molar-refractivity contribution is 6.00. The number of ether oxygens (including phenoxy) is 2. The van der Waals surface area contributed by atoms with Gasteiger partial charge in [0.05, 0.1) is 24.2 Å². The number of para-hydroxylation sites is 1. The Morgan fingerprint density at radius 1 is 0.837 bits per heavy atom. The first-order valence-electron chi connectivity index (χ1n) is 16.5. The Morgan fingerprint density at radius 3 is 2.28 bits per heavy atom. The number of nitrogens with zero attached hydrogens (tertiary/aromatic N) is 2. The molecule has 0 N–H and O–H groups in total. The molecule has 3 aromatic rings. The first-order valence-corrected chi connectivity index (χ1v) is 16.5. The maximum absolute atomic E-state index is 14.3. The van der Waals surface area contributed by atoms with Crippen molar-refractivity contribution in [1.82, 2.24) is 4.90 Å². The van der Waals surface area contributed by atoms with E-state index in [9.17, 15) is 4.79 Å². The number of amides is 1. The number of carbonyl (C=O) groups excluding carboxylic acids is 1. The predicted molar refractivity (Wildman–Crippen MR) is 168 cm³/mol. The van der Waals surface area contributed by atoms with Crippen LogP contribution in [0, 0.1) is 17.8 Å². The van der Waals surface area contributed by atoms with Crippen LogP contribution in [0.3, 0.4) is 0 Å². The van der Waals surface area contributed by atoms with E-state index in [1.54, 1.807) is 0 Å². The maximum Gasteiger partial charge on any atom is 0.233 e. The fourth-order valence-electron chi connectivity index (χ4n) is 9.52. The molecule has 4 heterocycles. The average Bonchev–Trinajstić information content (AvgIpc) is 3.68. The molecule has 8 atom stereocenters. The molecule has 1 aliphatic carbocycles. The maximum atomic E-state index is 14.3. The lowest BCUT2D eigenvalue weighted by atomic mass is 9.69. The third kappa shape index (κ3) is 4.26. The van der Waals surface area contributed by atoms with Crippen LogP contribution >= 0.6 is 0 Å². The zero-order valence-corrected chi connectivity index (χ0v) is 25.7. The van der Waals surface area contributed by atoms with E-state index in [1.165, 1.54) is 29.5 Å². The normalized spacial score (nSPS) is 36.5. The Labute approximate surface area is 256 Å². The molecule has 43 heavy (non-hydrogen) atoms. The molecule has 1 spiro atoms. The summed E-state index contributed by atoms with van der Waals surface area (Å²) in [5.74, 6) is 1.25. The number of benzene rings is 3. The van der Waals surface area contributed by atoms with Crippen molar-refractivity contribution in [3.05, 3.63) is 102 Å². The van der Waals surface area contributed by atoms with Crippen molar-refractivity contribution >= 4 is 11.6 Å². The molecule has 5 aliphatic rings. The number of hydrogen-bond acceptors (Lipinski definition) is 4. The second-order valence-corrected chi connectivity index (χ2v) is 14.4. The lowest BCUT2D eigenvalue weighted by Crippen LogP contribution is -2.61. The molecule has 5 fully saturated rings. The fourth-order valence-corrected chi connectivity index (χ4v) is 9.52. The van der Waals surface area contributed by atoms with Gasteiger partial charge in [0.1, 0.15) is 11.8 Å². The highest BCUT2D eigenvalue weighted by Crippen LogP contribution is 2.62. The summed E-state index contributed by atoms with van der Waals surface area (Å²) in [7, 11) is 0. The van der Waals surface area contributed by atoms with Gasteiger partial charge < -0.3 is 14.4 Å². The molecule has 8 rings (SSSR count). The summed E-state index contributed by atoms with van der Waals surface area (Å²) in [6.07, 6.45) is 6.50. The molecule has 5 nitrogen and oxygen atoms in total. The molecular weight excluding hydrogens is 532 g/mol. The van der Waals surface area contributed by atoms with Gasteiger partial charge in [-0.2, -0.15) is 0 Å². The Balaban J connectivity index is 1.27. The predicted octanol–water partition coefficient (Wildman–Crippen LogP) is 7.83. The van der Waals surface area contributed by atoms with Gasteiger partial charge in [-0.05, 0) is 75.1 Å². The molecule has 1 amide bonds. The van der Waals surface area contributed by atoms with Crippen molar-refractivity contribution in [2.75, 3.05) is 4.90 Å². The van der Waals surface area contributed by atoms with Gasteiger partial charge in [0.15, 0.2) is 0 Å². The van der Waals surface area contributed by atoms with Gasteiger partial charge in [-0.25, -0.2) is 0 Å². The van der Waals surface area contributed by atoms with Crippen LogP contribution in [-0.2, 0) is 20.8 Å². The van der Waals surface area contributed by atoms with Crippen molar-refractivity contribution in [1.29, 1.82) is 0 Å². The van der Waals surface area contributed by atoms with Gasteiger partial charge in [0, 0.05) is 29.3 Å². The Morgan fingerprint density at radius 2 is 1.53 bits per heavy atom. The quantitative estimate of drug-likeness (QED) is 0.311. The van der Waals surface area contributed by atoms with Crippen LogP contribution < -0.4 is 4.90 Å². The van der Waals surface area contributed by atoms with Gasteiger partial charge in [-0.1, -0.05) is 86.1 Å². The number of fused-ring (bicyclic) bond motifs is 2. The minimum absolute atomic E-state index is 0.0651. The molecule has 4 saturated heterocycles. The molecule has 224 valence electrons. The number of rotatable bonds is 5. The van der Waals surface area contributed by atoms with Gasteiger partial charge in [0.25, 0.3) is 0 Å². The molecule has 2 bridgehead atoms. The van der Waals surface area contributed by atoms with Crippen molar-refractivity contribution in [2.45, 2.75) is 101 Å². The lowest BCUT2D eigenvalue weighted by molar-refractivity contribution is -0.241. The average molecular weight is 577 g/mol. The Bertz CT molecular complexity index is 1490.